The van der Waals surface area contributed by atoms with Gasteiger partial charge >= 0.3 is 0 Å². The van der Waals surface area contributed by atoms with Gasteiger partial charge in [-0.25, -0.2) is 8.42 Å². The lowest BCUT2D eigenvalue weighted by Gasteiger charge is -2.08. The third-order valence-corrected chi connectivity index (χ3v) is 5.16. The molecule has 1 heterocycles. The molecule has 124 valence electrons. The smallest absolute Gasteiger partial charge is 0.251 e. The molecule has 0 unspecified atom stereocenters. The zero-order valence-electron chi connectivity index (χ0n) is 12.9. The fourth-order valence-electron chi connectivity index (χ4n) is 2.26. The summed E-state index contributed by atoms with van der Waals surface area (Å²) >= 11 is 6.02. The highest BCUT2D eigenvalue weighted by atomic mass is 35.5. The average molecular weight is 356 g/mol. The molecule has 0 radical (unpaired) electrons. The summed E-state index contributed by atoms with van der Waals surface area (Å²) in [4.78, 5) is 11.6. The number of hydrogen-bond donors (Lipinski definition) is 1. The maximum absolute atomic E-state index is 12.4. The second kappa shape index (κ2) is 7.14. The van der Waals surface area contributed by atoms with E-state index in [1.54, 1.807) is 28.9 Å². The van der Waals surface area contributed by atoms with Gasteiger partial charge in [-0.1, -0.05) is 23.7 Å². The standard InChI is InChI=1S/C15H18ClN3O3S/c1-3-19-14(13(16)8-18-19)10-23(21,22)9-11-5-4-6-12(7-11)15(20)17-2/h4-8H,3,9-10H2,1-2H3,(H,17,20). The molecule has 6 nitrogen and oxygen atoms in total. The first-order valence-corrected chi connectivity index (χ1v) is 9.28. The SMILES string of the molecule is CCn1ncc(Cl)c1CS(=O)(=O)Cc1cccc(C(=O)NC)c1. The van der Waals surface area contributed by atoms with Crippen LogP contribution in [0.2, 0.25) is 5.02 Å². The number of hydrogen-bond acceptors (Lipinski definition) is 4. The number of rotatable bonds is 6. The predicted octanol–water partition coefficient (Wildman–Crippen LogP) is 2.03. The Balaban J connectivity index is 2.21. The molecule has 23 heavy (non-hydrogen) atoms. The summed E-state index contributed by atoms with van der Waals surface area (Å²) in [5.41, 5.74) is 1.47. The van der Waals surface area contributed by atoms with E-state index in [2.05, 4.69) is 10.4 Å². The molecule has 1 amide bonds. The molecule has 0 aliphatic heterocycles. The fourth-order valence-corrected chi connectivity index (χ4v) is 4.06. The van der Waals surface area contributed by atoms with Crippen molar-refractivity contribution in [2.75, 3.05) is 7.05 Å². The first-order valence-electron chi connectivity index (χ1n) is 7.08. The van der Waals surface area contributed by atoms with Gasteiger partial charge in [-0.3, -0.25) is 9.48 Å². The molecular weight excluding hydrogens is 338 g/mol. The Morgan fingerprint density at radius 3 is 2.74 bits per heavy atom. The van der Waals surface area contributed by atoms with Crippen LogP contribution in [0.3, 0.4) is 0 Å². The quantitative estimate of drug-likeness (QED) is 0.859. The van der Waals surface area contributed by atoms with Crippen molar-refractivity contribution in [1.29, 1.82) is 0 Å². The fraction of sp³-hybridized carbons (Fsp3) is 0.333. The van der Waals surface area contributed by atoms with E-state index in [0.29, 0.717) is 28.4 Å². The van der Waals surface area contributed by atoms with Crippen LogP contribution in [0.5, 0.6) is 0 Å². The highest BCUT2D eigenvalue weighted by Gasteiger charge is 2.19. The van der Waals surface area contributed by atoms with Crippen LogP contribution in [0.25, 0.3) is 0 Å². The van der Waals surface area contributed by atoms with Crippen molar-refractivity contribution in [3.63, 3.8) is 0 Å². The van der Waals surface area contributed by atoms with Crippen LogP contribution in [0, 0.1) is 0 Å². The molecule has 0 saturated carbocycles. The van der Waals surface area contributed by atoms with Gasteiger partial charge in [0, 0.05) is 19.2 Å². The molecule has 0 atom stereocenters. The van der Waals surface area contributed by atoms with Gasteiger partial charge in [0.25, 0.3) is 5.91 Å². The lowest BCUT2D eigenvalue weighted by molar-refractivity contribution is 0.0963. The molecule has 0 bridgehead atoms. The van der Waals surface area contributed by atoms with Crippen LogP contribution in [-0.2, 0) is 27.9 Å². The minimum Gasteiger partial charge on any atom is -0.355 e. The summed E-state index contributed by atoms with van der Waals surface area (Å²) in [5, 5.41) is 6.90. The number of carbonyl (C=O) groups excluding carboxylic acids is 1. The molecule has 2 rings (SSSR count). The molecule has 0 aliphatic carbocycles. The topological polar surface area (TPSA) is 81.1 Å². The van der Waals surface area contributed by atoms with Crippen molar-refractivity contribution in [2.45, 2.75) is 25.0 Å². The van der Waals surface area contributed by atoms with Gasteiger partial charge in [0.05, 0.1) is 28.4 Å². The summed E-state index contributed by atoms with van der Waals surface area (Å²) in [7, 11) is -1.91. The molecule has 0 fully saturated rings. The van der Waals surface area contributed by atoms with Crippen molar-refractivity contribution in [1.82, 2.24) is 15.1 Å². The van der Waals surface area contributed by atoms with Gasteiger partial charge < -0.3 is 5.32 Å². The molecular formula is C15H18ClN3O3S. The minimum atomic E-state index is -3.44. The van der Waals surface area contributed by atoms with Crippen molar-refractivity contribution >= 4 is 27.3 Å². The van der Waals surface area contributed by atoms with Crippen LogP contribution in [0.1, 0.15) is 28.5 Å². The first-order chi connectivity index (χ1) is 10.9. The van der Waals surface area contributed by atoms with Gasteiger partial charge in [-0.15, -0.1) is 0 Å². The van der Waals surface area contributed by atoms with E-state index < -0.39 is 9.84 Å². The molecule has 2 aromatic rings. The maximum Gasteiger partial charge on any atom is 0.251 e. The summed E-state index contributed by atoms with van der Waals surface area (Å²) in [5.74, 6) is -0.608. The van der Waals surface area contributed by atoms with Crippen LogP contribution in [0.15, 0.2) is 30.5 Å². The Kier molecular flexibility index (Phi) is 5.43. The second-order valence-corrected chi connectivity index (χ2v) is 7.54. The van der Waals surface area contributed by atoms with E-state index in [1.807, 2.05) is 6.92 Å². The zero-order chi connectivity index (χ0) is 17.0. The number of nitrogens with zero attached hydrogens (tertiary/aromatic N) is 2. The molecule has 1 aromatic heterocycles. The Hall–Kier alpha value is -1.86. The van der Waals surface area contributed by atoms with E-state index in [-0.39, 0.29) is 17.4 Å². The molecule has 1 N–H and O–H groups in total. The number of benzene rings is 1. The van der Waals surface area contributed by atoms with Crippen LogP contribution in [-0.4, -0.2) is 31.2 Å². The summed E-state index contributed by atoms with van der Waals surface area (Å²) in [6, 6.07) is 6.56. The number of nitrogens with one attached hydrogen (secondary N) is 1. The monoisotopic (exact) mass is 355 g/mol. The summed E-state index contributed by atoms with van der Waals surface area (Å²) < 4.78 is 26.4. The minimum absolute atomic E-state index is 0.164. The van der Waals surface area contributed by atoms with Crippen LogP contribution >= 0.6 is 11.6 Å². The van der Waals surface area contributed by atoms with Crippen molar-refractivity contribution in [3.05, 3.63) is 52.3 Å². The predicted molar refractivity (Wildman–Crippen MR) is 89.1 cm³/mol. The third-order valence-electron chi connectivity index (χ3n) is 3.36. The number of carbonyl (C=O) groups is 1. The molecule has 8 heteroatoms. The number of amides is 1. The van der Waals surface area contributed by atoms with E-state index in [0.717, 1.165) is 0 Å². The lowest BCUT2D eigenvalue weighted by atomic mass is 10.1. The molecule has 1 aromatic carbocycles. The van der Waals surface area contributed by atoms with Crippen molar-refractivity contribution in [3.8, 4) is 0 Å². The van der Waals surface area contributed by atoms with Crippen LogP contribution in [0.4, 0.5) is 0 Å². The van der Waals surface area contributed by atoms with Gasteiger partial charge in [0.1, 0.15) is 0 Å². The molecule has 0 aliphatic rings. The molecule has 0 spiro atoms. The Labute approximate surface area is 140 Å². The Morgan fingerprint density at radius 2 is 2.09 bits per heavy atom. The highest BCUT2D eigenvalue weighted by Crippen LogP contribution is 2.20. The van der Waals surface area contributed by atoms with Crippen molar-refractivity contribution in [2.24, 2.45) is 0 Å². The van der Waals surface area contributed by atoms with E-state index >= 15 is 0 Å². The first kappa shape index (κ1) is 17.5. The number of sulfone groups is 1. The van der Waals surface area contributed by atoms with Crippen LogP contribution < -0.4 is 5.32 Å². The lowest BCUT2D eigenvalue weighted by Crippen LogP contribution is -2.18. The van der Waals surface area contributed by atoms with Gasteiger partial charge in [0.2, 0.25) is 0 Å². The Bertz CT molecular complexity index is 815. The van der Waals surface area contributed by atoms with Gasteiger partial charge in [0.15, 0.2) is 9.84 Å². The highest BCUT2D eigenvalue weighted by molar-refractivity contribution is 7.89. The molecule has 0 saturated heterocycles. The number of aryl methyl sites for hydroxylation is 1. The zero-order valence-corrected chi connectivity index (χ0v) is 14.5. The van der Waals surface area contributed by atoms with E-state index in [1.165, 1.54) is 13.2 Å². The van der Waals surface area contributed by atoms with Gasteiger partial charge in [-0.2, -0.15) is 5.10 Å². The van der Waals surface area contributed by atoms with Gasteiger partial charge in [-0.05, 0) is 24.6 Å². The second-order valence-electron chi connectivity index (χ2n) is 5.07. The van der Waals surface area contributed by atoms with E-state index in [9.17, 15) is 13.2 Å². The van der Waals surface area contributed by atoms with E-state index in [4.69, 9.17) is 11.6 Å². The summed E-state index contributed by atoms with van der Waals surface area (Å²) in [6.45, 7) is 2.41. The number of aromatic nitrogens is 2. The third kappa shape index (κ3) is 4.33. The normalized spacial score (nSPS) is 11.4. The maximum atomic E-state index is 12.4. The number of halogens is 1. The Morgan fingerprint density at radius 1 is 1.35 bits per heavy atom. The average Bonchev–Trinajstić information content (AvgIpc) is 2.86. The largest absolute Gasteiger partial charge is 0.355 e. The van der Waals surface area contributed by atoms with Crippen molar-refractivity contribution < 1.29 is 13.2 Å². The summed E-state index contributed by atoms with van der Waals surface area (Å²) in [6.07, 6.45) is 1.45.